The summed E-state index contributed by atoms with van der Waals surface area (Å²) in [5.41, 5.74) is 3.85. The Morgan fingerprint density at radius 3 is 2.02 bits per heavy atom. The molecule has 2 amide bonds. The van der Waals surface area contributed by atoms with E-state index in [2.05, 4.69) is 5.32 Å². The lowest BCUT2D eigenvalue weighted by molar-refractivity contribution is -0.139. The topological polar surface area (TPSA) is 86.8 Å². The number of nitrogens with one attached hydrogen (secondary N) is 1. The molecular weight excluding hydrogens is 534 g/mol. The van der Waals surface area contributed by atoms with Crippen LogP contribution in [0.2, 0.25) is 0 Å². The van der Waals surface area contributed by atoms with Crippen LogP contribution in [0.4, 0.5) is 5.69 Å². The molecule has 0 aliphatic rings. The quantitative estimate of drug-likeness (QED) is 0.279. The van der Waals surface area contributed by atoms with Crippen LogP contribution >= 0.6 is 0 Å². The second-order valence-electron chi connectivity index (χ2n) is 9.94. The molecule has 0 saturated heterocycles. The number of nitrogens with zero attached hydrogens (tertiary/aromatic N) is 2. The van der Waals surface area contributed by atoms with Crippen molar-refractivity contribution in [3.63, 3.8) is 0 Å². The van der Waals surface area contributed by atoms with Crippen LogP contribution in [0, 0.1) is 13.8 Å². The summed E-state index contributed by atoms with van der Waals surface area (Å²) < 4.78 is 29.1. The molecule has 0 spiro atoms. The highest BCUT2D eigenvalue weighted by Crippen LogP contribution is 2.27. The van der Waals surface area contributed by atoms with Crippen molar-refractivity contribution in [3.05, 3.63) is 131 Å². The number of likely N-dealkylation sites (N-methyl/N-ethyl adjacent to an activating group) is 1. The SMILES string of the molecule is CNC(=O)[C@H](Cc1ccccc1)N(Cc1cccc(C)c1)C(=O)CN(c1ccccc1C)S(=O)(=O)c1ccccc1. The maximum absolute atomic E-state index is 14.3. The fraction of sp³-hybridized carbons (Fsp3) is 0.212. The first-order valence-electron chi connectivity index (χ1n) is 13.4. The molecule has 0 fully saturated rings. The minimum atomic E-state index is -4.11. The zero-order valence-corrected chi connectivity index (χ0v) is 24.3. The number of anilines is 1. The van der Waals surface area contributed by atoms with Crippen LogP contribution in [0.5, 0.6) is 0 Å². The van der Waals surface area contributed by atoms with Gasteiger partial charge in [-0.05, 0) is 48.7 Å². The van der Waals surface area contributed by atoms with Gasteiger partial charge in [0.15, 0.2) is 0 Å². The van der Waals surface area contributed by atoms with Crippen molar-refractivity contribution < 1.29 is 18.0 Å². The van der Waals surface area contributed by atoms with Crippen LogP contribution in [0.3, 0.4) is 0 Å². The molecule has 1 N–H and O–H groups in total. The highest BCUT2D eigenvalue weighted by atomic mass is 32.2. The molecule has 7 nitrogen and oxygen atoms in total. The summed E-state index contributed by atoms with van der Waals surface area (Å²) in [6.45, 7) is 3.43. The van der Waals surface area contributed by atoms with Crippen LogP contribution in [0.15, 0.2) is 114 Å². The number of rotatable bonds is 11. The van der Waals surface area contributed by atoms with Gasteiger partial charge in [-0.25, -0.2) is 8.42 Å². The molecule has 0 saturated carbocycles. The lowest BCUT2D eigenvalue weighted by Crippen LogP contribution is -2.53. The number of benzene rings is 4. The van der Waals surface area contributed by atoms with E-state index in [0.717, 1.165) is 21.0 Å². The van der Waals surface area contributed by atoms with Crippen molar-refractivity contribution in [2.45, 2.75) is 37.8 Å². The molecule has 0 aliphatic carbocycles. The molecule has 4 aromatic rings. The predicted octanol–water partition coefficient (Wildman–Crippen LogP) is 4.88. The molecule has 0 aromatic heterocycles. The fourth-order valence-electron chi connectivity index (χ4n) is 4.80. The number of para-hydroxylation sites is 1. The molecular formula is C33H35N3O4S. The molecule has 8 heteroatoms. The summed E-state index contributed by atoms with van der Waals surface area (Å²) in [7, 11) is -2.57. The van der Waals surface area contributed by atoms with Gasteiger partial charge in [-0.3, -0.25) is 13.9 Å². The summed E-state index contributed by atoms with van der Waals surface area (Å²) in [5.74, 6) is -0.818. The van der Waals surface area contributed by atoms with E-state index >= 15 is 0 Å². The van der Waals surface area contributed by atoms with Crippen molar-refractivity contribution in [1.29, 1.82) is 0 Å². The Labute approximate surface area is 242 Å². The maximum atomic E-state index is 14.3. The second-order valence-corrected chi connectivity index (χ2v) is 11.8. The third-order valence-corrected chi connectivity index (χ3v) is 8.72. The van der Waals surface area contributed by atoms with Gasteiger partial charge in [0.1, 0.15) is 12.6 Å². The first kappa shape index (κ1) is 29.6. The average Bonchev–Trinajstić information content (AvgIpc) is 2.98. The van der Waals surface area contributed by atoms with Crippen molar-refractivity contribution in [2.75, 3.05) is 17.9 Å². The first-order valence-corrected chi connectivity index (χ1v) is 14.9. The first-order chi connectivity index (χ1) is 19.7. The molecule has 4 aromatic carbocycles. The number of carbonyl (C=O) groups excluding carboxylic acids is 2. The Kier molecular flexibility index (Phi) is 9.57. The van der Waals surface area contributed by atoms with Gasteiger partial charge in [0.05, 0.1) is 10.6 Å². The molecule has 0 bridgehead atoms. The summed E-state index contributed by atoms with van der Waals surface area (Å²) in [6.07, 6.45) is 0.272. The standard InChI is InChI=1S/C33H35N3O4S/c1-25-13-12-17-28(21-25)23-35(31(33(38)34-3)22-27-15-6-4-7-16-27)32(37)24-36(30-20-11-10-14-26(30)2)41(39,40)29-18-8-5-9-19-29/h4-21,31H,22-24H2,1-3H3,(H,34,38)/t31-/m0/s1. The second kappa shape index (κ2) is 13.3. The number of hydrogen-bond donors (Lipinski definition) is 1. The summed E-state index contributed by atoms with van der Waals surface area (Å²) in [4.78, 5) is 29.2. The highest BCUT2D eigenvalue weighted by molar-refractivity contribution is 7.92. The number of sulfonamides is 1. The number of hydrogen-bond acceptors (Lipinski definition) is 4. The van der Waals surface area contributed by atoms with Gasteiger partial charge in [0.2, 0.25) is 11.8 Å². The summed E-state index contributed by atoms with van der Waals surface area (Å²) in [5, 5.41) is 2.70. The van der Waals surface area contributed by atoms with Gasteiger partial charge in [-0.1, -0.05) is 96.6 Å². The van der Waals surface area contributed by atoms with E-state index in [0.29, 0.717) is 11.3 Å². The zero-order valence-electron chi connectivity index (χ0n) is 23.5. The van der Waals surface area contributed by atoms with E-state index in [1.165, 1.54) is 24.1 Å². The molecule has 0 heterocycles. The lowest BCUT2D eigenvalue weighted by atomic mass is 10.0. The Bertz CT molecular complexity index is 1590. The van der Waals surface area contributed by atoms with Gasteiger partial charge in [0.25, 0.3) is 10.0 Å². The normalized spacial score (nSPS) is 11.9. The fourth-order valence-corrected chi connectivity index (χ4v) is 6.30. The molecule has 0 radical (unpaired) electrons. The lowest BCUT2D eigenvalue weighted by Gasteiger charge is -2.34. The van der Waals surface area contributed by atoms with E-state index in [9.17, 15) is 18.0 Å². The number of carbonyl (C=O) groups is 2. The van der Waals surface area contributed by atoms with Gasteiger partial charge in [-0.2, -0.15) is 0 Å². The van der Waals surface area contributed by atoms with Crippen LogP contribution in [0.25, 0.3) is 0 Å². The summed E-state index contributed by atoms with van der Waals surface area (Å²) in [6, 6.07) is 31.5. The minimum Gasteiger partial charge on any atom is -0.357 e. The largest absolute Gasteiger partial charge is 0.357 e. The zero-order chi connectivity index (χ0) is 29.4. The van der Waals surface area contributed by atoms with Crippen molar-refractivity contribution in [1.82, 2.24) is 10.2 Å². The third kappa shape index (κ3) is 7.21. The number of amides is 2. The van der Waals surface area contributed by atoms with E-state index < -0.39 is 28.5 Å². The smallest absolute Gasteiger partial charge is 0.264 e. The highest BCUT2D eigenvalue weighted by Gasteiger charge is 2.34. The van der Waals surface area contributed by atoms with E-state index in [-0.39, 0.29) is 23.8 Å². The van der Waals surface area contributed by atoms with Gasteiger partial charge in [-0.15, -0.1) is 0 Å². The van der Waals surface area contributed by atoms with Crippen LogP contribution in [-0.2, 0) is 32.6 Å². The summed E-state index contributed by atoms with van der Waals surface area (Å²) >= 11 is 0. The van der Waals surface area contributed by atoms with Crippen molar-refractivity contribution in [2.24, 2.45) is 0 Å². The molecule has 41 heavy (non-hydrogen) atoms. The van der Waals surface area contributed by atoms with Crippen molar-refractivity contribution >= 4 is 27.5 Å². The molecule has 4 rings (SSSR count). The Balaban J connectivity index is 1.79. The van der Waals surface area contributed by atoms with Gasteiger partial charge >= 0.3 is 0 Å². The van der Waals surface area contributed by atoms with Gasteiger partial charge < -0.3 is 10.2 Å². The van der Waals surface area contributed by atoms with Crippen LogP contribution in [0.1, 0.15) is 22.3 Å². The van der Waals surface area contributed by atoms with Crippen LogP contribution in [-0.4, -0.2) is 44.8 Å². The Morgan fingerprint density at radius 1 is 0.780 bits per heavy atom. The number of aryl methyl sites for hydroxylation is 2. The molecule has 0 aliphatic heterocycles. The van der Waals surface area contributed by atoms with Gasteiger partial charge in [0, 0.05) is 20.0 Å². The van der Waals surface area contributed by atoms with Crippen LogP contribution < -0.4 is 9.62 Å². The van der Waals surface area contributed by atoms with Crippen molar-refractivity contribution in [3.8, 4) is 0 Å². The molecule has 0 unspecified atom stereocenters. The monoisotopic (exact) mass is 569 g/mol. The molecule has 1 atom stereocenters. The average molecular weight is 570 g/mol. The van der Waals surface area contributed by atoms with E-state index in [4.69, 9.17) is 0 Å². The molecule has 212 valence electrons. The minimum absolute atomic E-state index is 0.0772. The van der Waals surface area contributed by atoms with E-state index in [1.54, 1.807) is 43.3 Å². The Hall–Kier alpha value is -4.43. The van der Waals surface area contributed by atoms with E-state index in [1.807, 2.05) is 67.6 Å². The third-order valence-electron chi connectivity index (χ3n) is 6.95. The Morgan fingerprint density at radius 2 is 1.39 bits per heavy atom. The predicted molar refractivity (Wildman–Crippen MR) is 162 cm³/mol. The maximum Gasteiger partial charge on any atom is 0.264 e.